The molecule has 120 valence electrons. The highest BCUT2D eigenvalue weighted by Crippen LogP contribution is 2.13. The van der Waals surface area contributed by atoms with E-state index in [-0.39, 0.29) is 17.8 Å². The fourth-order valence-corrected chi connectivity index (χ4v) is 2.26. The van der Waals surface area contributed by atoms with Gasteiger partial charge in [-0.3, -0.25) is 4.79 Å². The Morgan fingerprint density at radius 3 is 2.48 bits per heavy atom. The molecule has 0 saturated heterocycles. The maximum atomic E-state index is 12.8. The third-order valence-electron chi connectivity index (χ3n) is 3.17. The van der Waals surface area contributed by atoms with Crippen LogP contribution in [0.5, 0.6) is 0 Å². The zero-order chi connectivity index (χ0) is 16.7. The van der Waals surface area contributed by atoms with Crippen LogP contribution in [0.15, 0.2) is 53.6 Å². The Bertz CT molecular complexity index is 671. The number of amides is 1. The molecule has 0 bridgehead atoms. The minimum absolute atomic E-state index is 0.218. The first kappa shape index (κ1) is 17.4. The number of nitrogens with zero attached hydrogens (tertiary/aromatic N) is 1. The number of hydrogen-bond donors (Lipinski definition) is 2. The van der Waals surface area contributed by atoms with Gasteiger partial charge >= 0.3 is 0 Å². The molecule has 0 aliphatic carbocycles. The predicted octanol–water partition coefficient (Wildman–Crippen LogP) is 3.77. The van der Waals surface area contributed by atoms with Gasteiger partial charge in [0.05, 0.1) is 6.21 Å². The van der Waals surface area contributed by atoms with Gasteiger partial charge in [0.15, 0.2) is 0 Å². The Labute approximate surface area is 148 Å². The number of benzene rings is 2. The third kappa shape index (κ3) is 5.63. The van der Waals surface area contributed by atoms with E-state index in [2.05, 4.69) is 38.4 Å². The highest BCUT2D eigenvalue weighted by molar-refractivity contribution is 14.1. The van der Waals surface area contributed by atoms with E-state index in [1.165, 1.54) is 18.3 Å². The first-order chi connectivity index (χ1) is 11.1. The smallest absolute Gasteiger partial charge is 0.262 e. The van der Waals surface area contributed by atoms with Crippen LogP contribution in [-0.4, -0.2) is 18.2 Å². The Kier molecular flexibility index (Phi) is 6.52. The Balaban J connectivity index is 1.91. The quantitative estimate of drug-likeness (QED) is 0.421. The van der Waals surface area contributed by atoms with Crippen LogP contribution >= 0.6 is 22.6 Å². The van der Waals surface area contributed by atoms with Crippen LogP contribution in [0.4, 0.5) is 10.1 Å². The first-order valence-corrected chi connectivity index (χ1v) is 8.27. The lowest BCUT2D eigenvalue weighted by Gasteiger charge is -2.16. The second-order valence-corrected chi connectivity index (χ2v) is 6.14. The molecule has 0 aromatic heterocycles. The van der Waals surface area contributed by atoms with Crippen LogP contribution in [0.3, 0.4) is 0 Å². The average molecular weight is 425 g/mol. The van der Waals surface area contributed by atoms with Gasteiger partial charge in [-0.25, -0.2) is 9.82 Å². The van der Waals surface area contributed by atoms with Gasteiger partial charge in [-0.2, -0.15) is 5.10 Å². The molecule has 2 aromatic rings. The summed E-state index contributed by atoms with van der Waals surface area (Å²) in [5, 5.41) is 7.08. The molecule has 1 amide bonds. The monoisotopic (exact) mass is 425 g/mol. The van der Waals surface area contributed by atoms with Crippen LogP contribution in [0.1, 0.15) is 18.9 Å². The van der Waals surface area contributed by atoms with E-state index in [1.54, 1.807) is 12.1 Å². The van der Waals surface area contributed by atoms with Gasteiger partial charge in [-0.1, -0.05) is 19.1 Å². The lowest BCUT2D eigenvalue weighted by Crippen LogP contribution is -2.36. The normalized spacial score (nSPS) is 12.1. The third-order valence-corrected chi connectivity index (χ3v) is 3.89. The van der Waals surface area contributed by atoms with E-state index >= 15 is 0 Å². The number of hydrazone groups is 1. The molecule has 1 atom stereocenters. The van der Waals surface area contributed by atoms with Crippen LogP contribution in [-0.2, 0) is 4.79 Å². The zero-order valence-electron chi connectivity index (χ0n) is 12.6. The van der Waals surface area contributed by atoms with E-state index < -0.39 is 0 Å². The number of halogens is 2. The van der Waals surface area contributed by atoms with E-state index in [9.17, 15) is 9.18 Å². The minimum atomic E-state index is -0.375. The standard InChI is InChI=1S/C17H17FIN3O/c1-2-16(21-15-9-7-14(19)8-10-15)17(23)22-20-11-12-3-5-13(18)6-4-12/h3-11,16,21H,2H2,1H3,(H,22,23)/b20-11-/t16-/m0/s1. The Morgan fingerprint density at radius 1 is 1.22 bits per heavy atom. The van der Waals surface area contributed by atoms with Gasteiger partial charge < -0.3 is 5.32 Å². The predicted molar refractivity (Wildman–Crippen MR) is 99.0 cm³/mol. The van der Waals surface area contributed by atoms with E-state index in [0.29, 0.717) is 12.0 Å². The molecular formula is C17H17FIN3O. The second-order valence-electron chi connectivity index (χ2n) is 4.90. The molecule has 0 fully saturated rings. The summed E-state index contributed by atoms with van der Waals surface area (Å²) in [5.41, 5.74) is 4.10. The number of nitrogens with one attached hydrogen (secondary N) is 2. The molecule has 4 nitrogen and oxygen atoms in total. The fraction of sp³-hybridized carbons (Fsp3) is 0.176. The van der Waals surface area contributed by atoms with E-state index in [0.717, 1.165) is 9.26 Å². The molecule has 2 N–H and O–H groups in total. The first-order valence-electron chi connectivity index (χ1n) is 7.19. The van der Waals surface area contributed by atoms with Gasteiger partial charge in [0.25, 0.3) is 5.91 Å². The molecule has 0 radical (unpaired) electrons. The highest BCUT2D eigenvalue weighted by atomic mass is 127. The van der Waals surface area contributed by atoms with Crippen LogP contribution in [0.25, 0.3) is 0 Å². The van der Waals surface area contributed by atoms with E-state index in [4.69, 9.17) is 0 Å². The van der Waals surface area contributed by atoms with Crippen molar-refractivity contribution < 1.29 is 9.18 Å². The second kappa shape index (κ2) is 8.61. The van der Waals surface area contributed by atoms with Crippen LogP contribution in [0, 0.1) is 9.39 Å². The van der Waals surface area contributed by atoms with Crippen molar-refractivity contribution in [1.29, 1.82) is 0 Å². The van der Waals surface area contributed by atoms with Crippen molar-refractivity contribution in [2.75, 3.05) is 5.32 Å². The summed E-state index contributed by atoms with van der Waals surface area (Å²) in [7, 11) is 0. The van der Waals surface area contributed by atoms with Crippen molar-refractivity contribution in [1.82, 2.24) is 5.43 Å². The average Bonchev–Trinajstić information content (AvgIpc) is 2.56. The van der Waals surface area contributed by atoms with Gasteiger partial charge in [-0.15, -0.1) is 0 Å². The number of anilines is 1. The minimum Gasteiger partial charge on any atom is -0.374 e. The van der Waals surface area contributed by atoms with Crippen LogP contribution in [0.2, 0.25) is 0 Å². The lowest BCUT2D eigenvalue weighted by atomic mass is 10.2. The molecule has 0 spiro atoms. The lowest BCUT2D eigenvalue weighted by molar-refractivity contribution is -0.121. The van der Waals surface area contributed by atoms with Crippen molar-refractivity contribution in [2.24, 2.45) is 5.10 Å². The van der Waals surface area contributed by atoms with Crippen LogP contribution < -0.4 is 10.7 Å². The molecule has 0 heterocycles. The van der Waals surface area contributed by atoms with Crippen molar-refractivity contribution in [2.45, 2.75) is 19.4 Å². The summed E-state index contributed by atoms with van der Waals surface area (Å²) < 4.78 is 13.9. The summed E-state index contributed by atoms with van der Waals surface area (Å²) in [6, 6.07) is 13.3. The molecule has 0 aliphatic rings. The summed E-state index contributed by atoms with van der Waals surface area (Å²) in [5.74, 6) is -0.525. The summed E-state index contributed by atoms with van der Waals surface area (Å²) in [6.45, 7) is 1.92. The Morgan fingerprint density at radius 2 is 1.87 bits per heavy atom. The molecule has 6 heteroatoms. The molecule has 0 unspecified atom stereocenters. The molecule has 0 saturated carbocycles. The van der Waals surface area contributed by atoms with Crippen molar-refractivity contribution in [3.8, 4) is 0 Å². The van der Waals surface area contributed by atoms with E-state index in [1.807, 2.05) is 31.2 Å². The number of hydrogen-bond acceptors (Lipinski definition) is 3. The summed E-state index contributed by atoms with van der Waals surface area (Å²) in [6.07, 6.45) is 2.11. The summed E-state index contributed by atoms with van der Waals surface area (Å²) >= 11 is 2.23. The number of carbonyl (C=O) groups excluding carboxylic acids is 1. The number of carbonyl (C=O) groups is 1. The number of rotatable bonds is 6. The molecule has 2 aromatic carbocycles. The molecule has 0 aliphatic heterocycles. The van der Waals surface area contributed by atoms with Crippen molar-refractivity contribution in [3.63, 3.8) is 0 Å². The van der Waals surface area contributed by atoms with Gasteiger partial charge in [0.2, 0.25) is 0 Å². The maximum absolute atomic E-state index is 12.8. The van der Waals surface area contributed by atoms with Crippen molar-refractivity contribution in [3.05, 3.63) is 63.5 Å². The molecule has 2 rings (SSSR count). The van der Waals surface area contributed by atoms with Gasteiger partial charge in [0, 0.05) is 9.26 Å². The summed E-state index contributed by atoms with van der Waals surface area (Å²) in [4.78, 5) is 12.1. The van der Waals surface area contributed by atoms with Gasteiger partial charge in [0.1, 0.15) is 11.9 Å². The topological polar surface area (TPSA) is 53.5 Å². The van der Waals surface area contributed by atoms with Gasteiger partial charge in [-0.05, 0) is 71.0 Å². The highest BCUT2D eigenvalue weighted by Gasteiger charge is 2.15. The largest absolute Gasteiger partial charge is 0.374 e. The molecular weight excluding hydrogens is 408 g/mol. The SMILES string of the molecule is CC[C@H](Nc1ccc(I)cc1)C(=O)N/N=C\c1ccc(F)cc1. The van der Waals surface area contributed by atoms with Crippen molar-refractivity contribution >= 4 is 40.4 Å². The Hall–Kier alpha value is -1.96. The molecule has 23 heavy (non-hydrogen) atoms. The maximum Gasteiger partial charge on any atom is 0.262 e. The zero-order valence-corrected chi connectivity index (χ0v) is 14.7. The fourth-order valence-electron chi connectivity index (χ4n) is 1.90.